The topological polar surface area (TPSA) is 75.2 Å². The van der Waals surface area contributed by atoms with Crippen molar-refractivity contribution in [3.63, 3.8) is 0 Å². The molecule has 0 amide bonds. The van der Waals surface area contributed by atoms with Crippen LogP contribution in [0.2, 0.25) is 0 Å². The lowest BCUT2D eigenvalue weighted by Gasteiger charge is -2.26. The molecule has 6 nitrogen and oxygen atoms in total. The van der Waals surface area contributed by atoms with E-state index in [0.717, 1.165) is 0 Å². The average Bonchev–Trinajstić information content (AvgIpc) is 2.30. The van der Waals surface area contributed by atoms with E-state index in [1.165, 1.54) is 16.7 Å². The van der Waals surface area contributed by atoms with Crippen LogP contribution >= 0.6 is 0 Å². The van der Waals surface area contributed by atoms with Crippen LogP contribution in [-0.4, -0.2) is 48.9 Å². The van der Waals surface area contributed by atoms with Crippen molar-refractivity contribution in [1.29, 1.82) is 0 Å². The second kappa shape index (κ2) is 4.44. The van der Waals surface area contributed by atoms with Gasteiger partial charge in [0.05, 0.1) is 5.69 Å². The summed E-state index contributed by atoms with van der Waals surface area (Å²) in [6.07, 6.45) is 2.90. The third-order valence-electron chi connectivity index (χ3n) is 2.50. The van der Waals surface area contributed by atoms with Gasteiger partial charge in [-0.3, -0.25) is 4.98 Å². The van der Waals surface area contributed by atoms with Gasteiger partial charge >= 0.3 is 0 Å². The van der Waals surface area contributed by atoms with Crippen LogP contribution in [0.15, 0.2) is 17.4 Å². The molecule has 1 N–H and O–H groups in total. The molecule has 1 aliphatic rings. The predicted molar refractivity (Wildman–Crippen MR) is 58.4 cm³/mol. The first-order chi connectivity index (χ1) is 7.62. The fraction of sp³-hybridized carbons (Fsp3) is 0.556. The van der Waals surface area contributed by atoms with Crippen LogP contribution in [0.1, 0.15) is 5.69 Å². The lowest BCUT2D eigenvalue weighted by atomic mass is 10.4. The van der Waals surface area contributed by atoms with Gasteiger partial charge in [-0.1, -0.05) is 0 Å². The zero-order valence-electron chi connectivity index (χ0n) is 9.05. The molecule has 1 aliphatic heterocycles. The molecule has 0 atom stereocenters. The van der Waals surface area contributed by atoms with Crippen molar-refractivity contribution < 1.29 is 8.42 Å². The second-order valence-electron chi connectivity index (χ2n) is 3.60. The number of aromatic nitrogens is 2. The minimum atomic E-state index is -3.47. The predicted octanol–water partition coefficient (Wildman–Crippen LogP) is -0.621. The van der Waals surface area contributed by atoms with Gasteiger partial charge in [0.25, 0.3) is 10.0 Å². The van der Waals surface area contributed by atoms with Gasteiger partial charge in [-0.05, 0) is 6.92 Å². The molecule has 1 fully saturated rings. The Hall–Kier alpha value is -1.05. The van der Waals surface area contributed by atoms with Crippen LogP contribution in [0.25, 0.3) is 0 Å². The second-order valence-corrected chi connectivity index (χ2v) is 5.45. The van der Waals surface area contributed by atoms with Gasteiger partial charge in [-0.2, -0.15) is 4.31 Å². The number of piperazine rings is 1. The Morgan fingerprint density at radius 2 is 1.88 bits per heavy atom. The van der Waals surface area contributed by atoms with Crippen LogP contribution in [-0.2, 0) is 10.0 Å². The highest BCUT2D eigenvalue weighted by atomic mass is 32.2. The summed E-state index contributed by atoms with van der Waals surface area (Å²) in [5.74, 6) is 0. The minimum absolute atomic E-state index is 0.0666. The fourth-order valence-electron chi connectivity index (χ4n) is 1.66. The number of rotatable bonds is 2. The number of aryl methyl sites for hydroxylation is 1. The van der Waals surface area contributed by atoms with E-state index in [1.54, 1.807) is 6.92 Å². The van der Waals surface area contributed by atoms with E-state index in [9.17, 15) is 8.42 Å². The minimum Gasteiger partial charge on any atom is -0.314 e. The maximum absolute atomic E-state index is 12.2. The van der Waals surface area contributed by atoms with Crippen molar-refractivity contribution in [2.24, 2.45) is 0 Å². The number of sulfonamides is 1. The van der Waals surface area contributed by atoms with Crippen molar-refractivity contribution in [3.8, 4) is 0 Å². The van der Waals surface area contributed by atoms with Crippen LogP contribution in [0.5, 0.6) is 0 Å². The Bertz CT molecular complexity index is 468. The normalized spacial score (nSPS) is 18.6. The number of nitrogens with zero attached hydrogens (tertiary/aromatic N) is 3. The number of hydrogen-bond donors (Lipinski definition) is 1. The molecule has 0 aliphatic carbocycles. The lowest BCUT2D eigenvalue weighted by Crippen LogP contribution is -2.46. The highest BCUT2D eigenvalue weighted by Gasteiger charge is 2.28. The first kappa shape index (κ1) is 11.4. The molecule has 1 saturated heterocycles. The van der Waals surface area contributed by atoms with Gasteiger partial charge in [0, 0.05) is 38.6 Å². The summed E-state index contributed by atoms with van der Waals surface area (Å²) in [4.78, 5) is 7.87. The van der Waals surface area contributed by atoms with Crippen molar-refractivity contribution in [3.05, 3.63) is 18.1 Å². The van der Waals surface area contributed by atoms with E-state index in [-0.39, 0.29) is 5.03 Å². The van der Waals surface area contributed by atoms with Gasteiger partial charge in [0.15, 0.2) is 5.03 Å². The Kier molecular flexibility index (Phi) is 3.17. The van der Waals surface area contributed by atoms with Crippen LogP contribution in [0.4, 0.5) is 0 Å². The smallest absolute Gasteiger partial charge is 0.262 e. The van der Waals surface area contributed by atoms with Gasteiger partial charge in [-0.15, -0.1) is 0 Å². The summed E-state index contributed by atoms with van der Waals surface area (Å²) >= 11 is 0. The summed E-state index contributed by atoms with van der Waals surface area (Å²) in [5.41, 5.74) is 0.445. The monoisotopic (exact) mass is 242 g/mol. The van der Waals surface area contributed by atoms with Crippen molar-refractivity contribution in [2.75, 3.05) is 26.2 Å². The highest BCUT2D eigenvalue weighted by molar-refractivity contribution is 7.89. The van der Waals surface area contributed by atoms with E-state index in [0.29, 0.717) is 31.9 Å². The van der Waals surface area contributed by atoms with Gasteiger partial charge in [0.1, 0.15) is 0 Å². The molecule has 2 heterocycles. The summed E-state index contributed by atoms with van der Waals surface area (Å²) in [5, 5.41) is 3.18. The molecule has 0 bridgehead atoms. The molecule has 0 radical (unpaired) electrons. The summed E-state index contributed by atoms with van der Waals surface area (Å²) in [6.45, 7) is 3.98. The van der Waals surface area contributed by atoms with Crippen LogP contribution in [0, 0.1) is 6.92 Å². The van der Waals surface area contributed by atoms with E-state index in [2.05, 4.69) is 15.3 Å². The Balaban J connectivity index is 2.35. The van der Waals surface area contributed by atoms with Crippen molar-refractivity contribution in [2.45, 2.75) is 11.9 Å². The SMILES string of the molecule is Cc1nccnc1S(=O)(=O)N1CCNCC1. The average molecular weight is 242 g/mol. The standard InChI is InChI=1S/C9H14N4O2S/c1-8-9(12-3-2-11-8)16(14,15)13-6-4-10-5-7-13/h2-3,10H,4-7H2,1H3. The summed E-state index contributed by atoms with van der Waals surface area (Å²) in [6, 6.07) is 0. The molecular weight excluding hydrogens is 228 g/mol. The summed E-state index contributed by atoms with van der Waals surface area (Å²) in [7, 11) is -3.47. The molecule has 0 aromatic carbocycles. The van der Waals surface area contributed by atoms with E-state index >= 15 is 0 Å². The maximum atomic E-state index is 12.2. The van der Waals surface area contributed by atoms with Crippen molar-refractivity contribution >= 4 is 10.0 Å². The molecule has 16 heavy (non-hydrogen) atoms. The Morgan fingerprint density at radius 3 is 2.50 bits per heavy atom. The molecule has 0 saturated carbocycles. The van der Waals surface area contributed by atoms with Gasteiger partial charge in [-0.25, -0.2) is 13.4 Å². The van der Waals surface area contributed by atoms with E-state index in [4.69, 9.17) is 0 Å². The molecule has 7 heteroatoms. The van der Waals surface area contributed by atoms with Crippen LogP contribution < -0.4 is 5.32 Å². The van der Waals surface area contributed by atoms with Crippen LogP contribution in [0.3, 0.4) is 0 Å². The maximum Gasteiger partial charge on any atom is 0.262 e. The zero-order chi connectivity index (χ0) is 11.6. The van der Waals surface area contributed by atoms with Crippen molar-refractivity contribution in [1.82, 2.24) is 19.6 Å². The summed E-state index contributed by atoms with van der Waals surface area (Å²) < 4.78 is 25.9. The molecule has 2 rings (SSSR count). The molecular formula is C9H14N4O2S. The molecule has 1 aromatic heterocycles. The molecule has 0 spiro atoms. The zero-order valence-corrected chi connectivity index (χ0v) is 9.87. The Labute approximate surface area is 94.8 Å². The molecule has 0 unspecified atom stereocenters. The lowest BCUT2D eigenvalue weighted by molar-refractivity contribution is 0.358. The number of hydrogen-bond acceptors (Lipinski definition) is 5. The first-order valence-corrected chi connectivity index (χ1v) is 6.55. The van der Waals surface area contributed by atoms with Gasteiger partial charge in [0.2, 0.25) is 0 Å². The quantitative estimate of drug-likeness (QED) is 0.748. The van der Waals surface area contributed by atoms with Gasteiger partial charge < -0.3 is 5.32 Å². The Morgan fingerprint density at radius 1 is 1.25 bits per heavy atom. The van der Waals surface area contributed by atoms with E-state index < -0.39 is 10.0 Å². The molecule has 1 aromatic rings. The largest absolute Gasteiger partial charge is 0.314 e. The molecule has 88 valence electrons. The third-order valence-corrected chi connectivity index (χ3v) is 4.43. The third kappa shape index (κ3) is 2.06. The van der Waals surface area contributed by atoms with E-state index in [1.807, 2.05) is 0 Å². The fourth-order valence-corrected chi connectivity index (χ4v) is 3.18. The first-order valence-electron chi connectivity index (χ1n) is 5.11. The highest BCUT2D eigenvalue weighted by Crippen LogP contribution is 2.15. The number of nitrogens with one attached hydrogen (secondary N) is 1.